The molecule has 0 saturated heterocycles. The molecular formula is C18H17N3O5S. The molecule has 0 aliphatic heterocycles. The molecule has 2 heterocycles. The lowest BCUT2D eigenvalue weighted by atomic mass is 10.2. The largest absolute Gasteiger partial charge is 0.497 e. The third kappa shape index (κ3) is 4.64. The topological polar surface area (TPSA) is 103 Å². The van der Waals surface area contributed by atoms with Crippen molar-refractivity contribution in [3.05, 3.63) is 59.0 Å². The van der Waals surface area contributed by atoms with Crippen LogP contribution in [-0.2, 0) is 6.54 Å². The summed E-state index contributed by atoms with van der Waals surface area (Å²) in [6, 6.07) is 8.34. The van der Waals surface area contributed by atoms with Crippen molar-refractivity contribution in [2.24, 2.45) is 0 Å². The number of nitrogens with one attached hydrogen (secondary N) is 2. The number of methoxy groups -OCH3 is 2. The molecule has 0 bridgehead atoms. The number of amides is 2. The smallest absolute Gasteiger partial charge is 0.271 e. The molecule has 3 aromatic rings. The molecule has 0 aliphatic carbocycles. The zero-order valence-corrected chi connectivity index (χ0v) is 15.5. The summed E-state index contributed by atoms with van der Waals surface area (Å²) < 4.78 is 15.5. The standard InChI is InChI=1S/C18H17N3O5S/c1-24-13-6-11(7-14(8-13)25-2)16(22)21-18-20-15(10-27-18)17(23)19-9-12-4-3-5-26-12/h3-8,10H,9H2,1-2H3,(H,19,23)(H,20,21,22). The van der Waals surface area contributed by atoms with Gasteiger partial charge in [-0.1, -0.05) is 0 Å². The van der Waals surface area contributed by atoms with E-state index in [1.54, 1.807) is 35.7 Å². The van der Waals surface area contributed by atoms with Crippen molar-refractivity contribution >= 4 is 28.3 Å². The number of rotatable bonds is 7. The Hall–Kier alpha value is -3.33. The molecule has 27 heavy (non-hydrogen) atoms. The zero-order chi connectivity index (χ0) is 19.2. The highest BCUT2D eigenvalue weighted by molar-refractivity contribution is 7.14. The summed E-state index contributed by atoms with van der Waals surface area (Å²) in [6.07, 6.45) is 1.53. The predicted molar refractivity (Wildman–Crippen MR) is 99.5 cm³/mol. The average Bonchev–Trinajstić information content (AvgIpc) is 3.37. The normalized spacial score (nSPS) is 10.3. The van der Waals surface area contributed by atoms with E-state index in [1.165, 1.54) is 20.5 Å². The van der Waals surface area contributed by atoms with Gasteiger partial charge in [0.15, 0.2) is 5.13 Å². The van der Waals surface area contributed by atoms with Crippen LogP contribution in [0.15, 0.2) is 46.4 Å². The molecule has 3 rings (SSSR count). The molecular weight excluding hydrogens is 370 g/mol. The Morgan fingerprint density at radius 3 is 2.52 bits per heavy atom. The number of carbonyl (C=O) groups excluding carboxylic acids is 2. The van der Waals surface area contributed by atoms with E-state index < -0.39 is 0 Å². The highest BCUT2D eigenvalue weighted by Crippen LogP contribution is 2.24. The second-order valence-electron chi connectivity index (χ2n) is 5.36. The number of hydrogen-bond donors (Lipinski definition) is 2. The van der Waals surface area contributed by atoms with Crippen LogP contribution in [-0.4, -0.2) is 31.0 Å². The summed E-state index contributed by atoms with van der Waals surface area (Å²) in [5.74, 6) is 0.891. The summed E-state index contributed by atoms with van der Waals surface area (Å²) in [5, 5.41) is 7.24. The van der Waals surface area contributed by atoms with E-state index in [2.05, 4.69) is 15.6 Å². The third-order valence-electron chi connectivity index (χ3n) is 3.57. The maximum atomic E-state index is 12.4. The highest BCUT2D eigenvalue weighted by Gasteiger charge is 2.15. The first kappa shape index (κ1) is 18.5. The van der Waals surface area contributed by atoms with Crippen LogP contribution in [0, 0.1) is 0 Å². The molecule has 2 N–H and O–H groups in total. The molecule has 0 unspecified atom stereocenters. The molecule has 2 amide bonds. The van der Waals surface area contributed by atoms with Gasteiger partial charge >= 0.3 is 0 Å². The minimum atomic E-state index is -0.385. The number of carbonyl (C=O) groups is 2. The monoisotopic (exact) mass is 387 g/mol. The van der Waals surface area contributed by atoms with E-state index in [4.69, 9.17) is 13.9 Å². The van der Waals surface area contributed by atoms with Crippen molar-refractivity contribution in [3.63, 3.8) is 0 Å². The molecule has 0 fully saturated rings. The van der Waals surface area contributed by atoms with Gasteiger partial charge in [-0.05, 0) is 24.3 Å². The van der Waals surface area contributed by atoms with E-state index in [0.29, 0.717) is 28.0 Å². The van der Waals surface area contributed by atoms with Crippen LogP contribution < -0.4 is 20.1 Å². The Morgan fingerprint density at radius 1 is 1.15 bits per heavy atom. The summed E-state index contributed by atoms with van der Waals surface area (Å²) >= 11 is 1.15. The van der Waals surface area contributed by atoms with Gasteiger partial charge in [0.05, 0.1) is 27.0 Å². The summed E-state index contributed by atoms with van der Waals surface area (Å²) in [4.78, 5) is 28.7. The molecule has 140 valence electrons. The van der Waals surface area contributed by atoms with Gasteiger partial charge in [0.2, 0.25) is 0 Å². The van der Waals surface area contributed by atoms with E-state index in [1.807, 2.05) is 0 Å². The predicted octanol–water partition coefficient (Wildman–Crippen LogP) is 2.94. The van der Waals surface area contributed by atoms with Crippen LogP contribution >= 0.6 is 11.3 Å². The van der Waals surface area contributed by atoms with Gasteiger partial charge < -0.3 is 19.2 Å². The molecule has 1 aromatic carbocycles. The lowest BCUT2D eigenvalue weighted by molar-refractivity contribution is 0.0942. The molecule has 0 aliphatic rings. The van der Waals surface area contributed by atoms with Crippen molar-refractivity contribution in [1.82, 2.24) is 10.3 Å². The summed E-state index contributed by atoms with van der Waals surface area (Å²) in [7, 11) is 3.01. The lowest BCUT2D eigenvalue weighted by Gasteiger charge is -2.08. The Kier molecular flexibility index (Phi) is 5.72. The quantitative estimate of drug-likeness (QED) is 0.646. The maximum absolute atomic E-state index is 12.4. The van der Waals surface area contributed by atoms with E-state index in [9.17, 15) is 9.59 Å². The van der Waals surface area contributed by atoms with Gasteiger partial charge in [0.1, 0.15) is 23.0 Å². The number of aromatic nitrogens is 1. The number of anilines is 1. The van der Waals surface area contributed by atoms with E-state index >= 15 is 0 Å². The molecule has 0 saturated carbocycles. The van der Waals surface area contributed by atoms with Gasteiger partial charge in [0.25, 0.3) is 11.8 Å². The first-order chi connectivity index (χ1) is 13.1. The number of ether oxygens (including phenoxy) is 2. The molecule has 0 radical (unpaired) electrons. The SMILES string of the molecule is COc1cc(OC)cc(C(=O)Nc2nc(C(=O)NCc3ccco3)cs2)c1. The summed E-state index contributed by atoms with van der Waals surface area (Å²) in [6.45, 7) is 0.259. The third-order valence-corrected chi connectivity index (χ3v) is 4.33. The van der Waals surface area contributed by atoms with Crippen molar-refractivity contribution in [1.29, 1.82) is 0 Å². The van der Waals surface area contributed by atoms with Crippen molar-refractivity contribution < 1.29 is 23.5 Å². The van der Waals surface area contributed by atoms with Gasteiger partial charge in [-0.2, -0.15) is 0 Å². The second kappa shape index (κ2) is 8.37. The minimum absolute atomic E-state index is 0.213. The van der Waals surface area contributed by atoms with Crippen molar-refractivity contribution in [2.45, 2.75) is 6.54 Å². The Bertz CT molecular complexity index is 914. The molecule has 8 nitrogen and oxygen atoms in total. The minimum Gasteiger partial charge on any atom is -0.497 e. The number of hydrogen-bond acceptors (Lipinski definition) is 7. The van der Waals surface area contributed by atoms with Crippen LogP contribution in [0.2, 0.25) is 0 Å². The fraction of sp³-hybridized carbons (Fsp3) is 0.167. The van der Waals surface area contributed by atoms with Crippen LogP contribution in [0.25, 0.3) is 0 Å². The molecule has 2 aromatic heterocycles. The maximum Gasteiger partial charge on any atom is 0.271 e. The second-order valence-corrected chi connectivity index (χ2v) is 6.21. The van der Waals surface area contributed by atoms with Crippen LogP contribution in [0.3, 0.4) is 0 Å². The fourth-order valence-electron chi connectivity index (χ4n) is 2.21. The molecule has 0 atom stereocenters. The van der Waals surface area contributed by atoms with Gasteiger partial charge in [-0.25, -0.2) is 4.98 Å². The fourth-order valence-corrected chi connectivity index (χ4v) is 2.90. The Morgan fingerprint density at radius 2 is 1.89 bits per heavy atom. The number of benzene rings is 1. The van der Waals surface area contributed by atoms with E-state index in [0.717, 1.165) is 11.3 Å². The number of nitrogens with zero attached hydrogens (tertiary/aromatic N) is 1. The first-order valence-electron chi connectivity index (χ1n) is 7.89. The first-order valence-corrected chi connectivity index (χ1v) is 8.77. The molecule has 9 heteroatoms. The number of thiazole rings is 1. The molecule has 0 spiro atoms. The van der Waals surface area contributed by atoms with Gasteiger partial charge in [-0.3, -0.25) is 14.9 Å². The zero-order valence-electron chi connectivity index (χ0n) is 14.6. The highest BCUT2D eigenvalue weighted by atomic mass is 32.1. The average molecular weight is 387 g/mol. The van der Waals surface area contributed by atoms with Crippen molar-refractivity contribution in [3.8, 4) is 11.5 Å². The van der Waals surface area contributed by atoms with Crippen LogP contribution in [0.5, 0.6) is 11.5 Å². The van der Waals surface area contributed by atoms with Crippen LogP contribution in [0.4, 0.5) is 5.13 Å². The number of furan rings is 1. The van der Waals surface area contributed by atoms with Crippen LogP contribution in [0.1, 0.15) is 26.6 Å². The van der Waals surface area contributed by atoms with Gasteiger partial charge in [0, 0.05) is 17.0 Å². The van der Waals surface area contributed by atoms with Crippen molar-refractivity contribution in [2.75, 3.05) is 19.5 Å². The lowest BCUT2D eigenvalue weighted by Crippen LogP contribution is -2.23. The summed E-state index contributed by atoms with van der Waals surface area (Å²) in [5.41, 5.74) is 0.565. The van der Waals surface area contributed by atoms with Gasteiger partial charge in [-0.15, -0.1) is 11.3 Å². The Balaban J connectivity index is 1.64. The van der Waals surface area contributed by atoms with E-state index in [-0.39, 0.29) is 24.1 Å². The Labute approximate surface area is 159 Å².